The molecule has 0 spiro atoms. The highest BCUT2D eigenvalue weighted by Gasteiger charge is 2.42. The second-order valence-corrected chi connectivity index (χ2v) is 8.63. The van der Waals surface area contributed by atoms with Gasteiger partial charge >= 0.3 is 0 Å². The lowest BCUT2D eigenvalue weighted by molar-refractivity contribution is -0.121. The Kier molecular flexibility index (Phi) is 6.21. The Labute approximate surface area is 165 Å². The van der Waals surface area contributed by atoms with Crippen molar-refractivity contribution in [1.29, 1.82) is 0 Å². The minimum absolute atomic E-state index is 0.0111. The zero-order valence-corrected chi connectivity index (χ0v) is 16.6. The summed E-state index contributed by atoms with van der Waals surface area (Å²) in [4.78, 5) is 28.3. The number of thiazole rings is 1. The van der Waals surface area contributed by atoms with Gasteiger partial charge in [0.15, 0.2) is 5.13 Å². The number of aromatic nitrogens is 1. The standard InChI is InChI=1S/C18H20ClN3O2S2/c19-13-5-3-12(4-6-13)18(7-1-2-8-18)16(24)22-17-21-14(10-26-17)9-25-11-15(20)23/h3-6,10H,1-2,7-9,11H2,(H2,20,23)(H,21,22,24). The van der Waals surface area contributed by atoms with Crippen molar-refractivity contribution in [2.24, 2.45) is 5.73 Å². The quantitative estimate of drug-likeness (QED) is 0.724. The van der Waals surface area contributed by atoms with Crippen LogP contribution in [-0.4, -0.2) is 22.6 Å². The molecule has 0 radical (unpaired) electrons. The fourth-order valence-electron chi connectivity index (χ4n) is 3.30. The van der Waals surface area contributed by atoms with E-state index in [1.54, 1.807) is 0 Å². The minimum atomic E-state index is -0.517. The molecule has 2 amide bonds. The Morgan fingerprint density at radius 3 is 2.62 bits per heavy atom. The van der Waals surface area contributed by atoms with Crippen LogP contribution in [0.15, 0.2) is 29.6 Å². The van der Waals surface area contributed by atoms with Crippen LogP contribution in [0.2, 0.25) is 5.02 Å². The first-order chi connectivity index (χ1) is 12.5. The number of anilines is 1. The summed E-state index contributed by atoms with van der Waals surface area (Å²) in [5.74, 6) is 0.504. The summed E-state index contributed by atoms with van der Waals surface area (Å²) in [6, 6.07) is 7.56. The Hall–Kier alpha value is -1.57. The third-order valence-electron chi connectivity index (χ3n) is 4.56. The SMILES string of the molecule is NC(=O)CSCc1csc(NC(=O)C2(c3ccc(Cl)cc3)CCCC2)n1. The first-order valence-corrected chi connectivity index (χ1v) is 10.8. The van der Waals surface area contributed by atoms with Crippen molar-refractivity contribution in [3.05, 3.63) is 45.9 Å². The first-order valence-electron chi connectivity index (χ1n) is 8.37. The van der Waals surface area contributed by atoms with Crippen LogP contribution >= 0.6 is 34.7 Å². The van der Waals surface area contributed by atoms with Crippen molar-refractivity contribution in [2.45, 2.75) is 36.9 Å². The van der Waals surface area contributed by atoms with Crippen LogP contribution in [-0.2, 0) is 20.8 Å². The van der Waals surface area contributed by atoms with E-state index >= 15 is 0 Å². The molecule has 26 heavy (non-hydrogen) atoms. The molecular weight excluding hydrogens is 390 g/mol. The van der Waals surface area contributed by atoms with Crippen LogP contribution in [0.25, 0.3) is 0 Å². The maximum atomic E-state index is 13.1. The highest BCUT2D eigenvalue weighted by molar-refractivity contribution is 7.99. The molecule has 1 fully saturated rings. The van der Waals surface area contributed by atoms with Crippen LogP contribution in [0.4, 0.5) is 5.13 Å². The number of hydrogen-bond donors (Lipinski definition) is 2. The smallest absolute Gasteiger partial charge is 0.236 e. The van der Waals surface area contributed by atoms with Gasteiger partial charge in [0.05, 0.1) is 16.9 Å². The molecule has 5 nitrogen and oxygen atoms in total. The first kappa shape index (κ1) is 19.2. The fourth-order valence-corrected chi connectivity index (χ4v) is 4.89. The van der Waals surface area contributed by atoms with Gasteiger partial charge in [-0.1, -0.05) is 36.6 Å². The van der Waals surface area contributed by atoms with Crippen LogP contribution in [0.1, 0.15) is 36.9 Å². The van der Waals surface area contributed by atoms with E-state index in [1.807, 2.05) is 29.6 Å². The monoisotopic (exact) mass is 409 g/mol. The summed E-state index contributed by atoms with van der Waals surface area (Å²) >= 11 is 8.81. The summed E-state index contributed by atoms with van der Waals surface area (Å²) in [6.45, 7) is 0. The second kappa shape index (κ2) is 8.41. The fraction of sp³-hybridized carbons (Fsp3) is 0.389. The Morgan fingerprint density at radius 2 is 1.96 bits per heavy atom. The van der Waals surface area contributed by atoms with Crippen LogP contribution < -0.4 is 11.1 Å². The number of primary amides is 1. The maximum absolute atomic E-state index is 13.1. The minimum Gasteiger partial charge on any atom is -0.369 e. The summed E-state index contributed by atoms with van der Waals surface area (Å²) < 4.78 is 0. The predicted molar refractivity (Wildman–Crippen MR) is 108 cm³/mol. The molecule has 1 aromatic carbocycles. The molecule has 0 unspecified atom stereocenters. The van der Waals surface area contributed by atoms with E-state index in [0.717, 1.165) is 36.9 Å². The van der Waals surface area contributed by atoms with Crippen LogP contribution in [0.5, 0.6) is 0 Å². The third-order valence-corrected chi connectivity index (χ3v) is 6.60. The van der Waals surface area contributed by atoms with Gasteiger partial charge in [0.25, 0.3) is 0 Å². The van der Waals surface area contributed by atoms with E-state index < -0.39 is 5.41 Å². The van der Waals surface area contributed by atoms with Crippen molar-refractivity contribution >= 4 is 51.6 Å². The highest BCUT2D eigenvalue weighted by Crippen LogP contribution is 2.42. The number of amides is 2. The van der Waals surface area contributed by atoms with Crippen molar-refractivity contribution in [3.63, 3.8) is 0 Å². The van der Waals surface area contributed by atoms with Crippen molar-refractivity contribution in [2.75, 3.05) is 11.1 Å². The van der Waals surface area contributed by atoms with Gasteiger partial charge in [-0.3, -0.25) is 9.59 Å². The molecule has 0 atom stereocenters. The molecule has 3 N–H and O–H groups in total. The lowest BCUT2D eigenvalue weighted by Crippen LogP contribution is -2.37. The van der Waals surface area contributed by atoms with Gasteiger partial charge < -0.3 is 11.1 Å². The maximum Gasteiger partial charge on any atom is 0.236 e. The van der Waals surface area contributed by atoms with Gasteiger partial charge in [-0.15, -0.1) is 23.1 Å². The molecule has 2 aromatic rings. The molecule has 1 saturated carbocycles. The van der Waals surface area contributed by atoms with Gasteiger partial charge in [-0.25, -0.2) is 4.98 Å². The lowest BCUT2D eigenvalue weighted by atomic mass is 9.78. The van der Waals surface area contributed by atoms with Crippen molar-refractivity contribution in [1.82, 2.24) is 4.98 Å². The van der Waals surface area contributed by atoms with Crippen molar-refractivity contribution < 1.29 is 9.59 Å². The van der Waals surface area contributed by atoms with E-state index in [4.69, 9.17) is 17.3 Å². The number of carbonyl (C=O) groups is 2. The molecule has 8 heteroatoms. The van der Waals surface area contributed by atoms with Gasteiger partial charge in [0, 0.05) is 16.2 Å². The number of carbonyl (C=O) groups excluding carboxylic acids is 2. The molecule has 0 bridgehead atoms. The second-order valence-electron chi connectivity index (χ2n) is 6.35. The summed E-state index contributed by atoms with van der Waals surface area (Å²) in [5.41, 5.74) is 6.46. The van der Waals surface area contributed by atoms with Crippen LogP contribution in [0, 0.1) is 0 Å². The number of nitrogens with two attached hydrogens (primary N) is 1. The Bertz CT molecular complexity index is 786. The molecule has 1 heterocycles. The van der Waals surface area contributed by atoms with Gasteiger partial charge in [-0.2, -0.15) is 0 Å². The normalized spacial score (nSPS) is 15.7. The topological polar surface area (TPSA) is 85.1 Å². The van der Waals surface area contributed by atoms with Gasteiger partial charge in [0.2, 0.25) is 11.8 Å². The molecule has 1 aromatic heterocycles. The lowest BCUT2D eigenvalue weighted by Gasteiger charge is -2.27. The van der Waals surface area contributed by atoms with E-state index in [9.17, 15) is 9.59 Å². The molecule has 138 valence electrons. The van der Waals surface area contributed by atoms with Gasteiger partial charge in [-0.05, 0) is 30.5 Å². The number of rotatable bonds is 7. The zero-order chi connectivity index (χ0) is 18.6. The van der Waals surface area contributed by atoms with E-state index in [-0.39, 0.29) is 17.6 Å². The number of nitrogens with zero attached hydrogens (tertiary/aromatic N) is 1. The average molecular weight is 410 g/mol. The molecule has 3 rings (SSSR count). The summed E-state index contributed by atoms with van der Waals surface area (Å²) in [5, 5.41) is 6.14. The largest absolute Gasteiger partial charge is 0.369 e. The molecule has 1 aliphatic carbocycles. The number of benzene rings is 1. The average Bonchev–Trinajstić information content (AvgIpc) is 3.25. The molecule has 1 aliphatic rings. The molecule has 0 saturated heterocycles. The van der Waals surface area contributed by atoms with Gasteiger partial charge in [0.1, 0.15) is 0 Å². The van der Waals surface area contributed by atoms with E-state index in [0.29, 0.717) is 15.9 Å². The Morgan fingerprint density at radius 1 is 1.27 bits per heavy atom. The van der Waals surface area contributed by atoms with E-state index in [2.05, 4.69) is 10.3 Å². The number of nitrogens with one attached hydrogen (secondary N) is 1. The summed E-state index contributed by atoms with van der Waals surface area (Å²) in [7, 11) is 0. The summed E-state index contributed by atoms with van der Waals surface area (Å²) in [6.07, 6.45) is 3.71. The highest BCUT2D eigenvalue weighted by atomic mass is 35.5. The van der Waals surface area contributed by atoms with E-state index in [1.165, 1.54) is 23.1 Å². The number of thioether (sulfide) groups is 1. The molecule has 0 aliphatic heterocycles. The number of hydrogen-bond acceptors (Lipinski definition) is 5. The Balaban J connectivity index is 1.70. The van der Waals surface area contributed by atoms with Crippen molar-refractivity contribution in [3.8, 4) is 0 Å². The third kappa shape index (κ3) is 4.39. The zero-order valence-electron chi connectivity index (χ0n) is 14.2. The predicted octanol–water partition coefficient (Wildman–Crippen LogP) is 3.97. The van der Waals surface area contributed by atoms with Crippen LogP contribution in [0.3, 0.4) is 0 Å². The molecular formula is C18H20ClN3O2S2. The number of halogens is 1.